The Morgan fingerprint density at radius 2 is 1.94 bits per heavy atom. The van der Waals surface area contributed by atoms with E-state index in [1.54, 1.807) is 24.3 Å². The van der Waals surface area contributed by atoms with Crippen molar-refractivity contribution >= 4 is 34.7 Å². The molecule has 0 aliphatic heterocycles. The summed E-state index contributed by atoms with van der Waals surface area (Å²) in [5.74, 6) is -1.05. The maximum atomic E-state index is 14.3. The second kappa shape index (κ2) is 10.7. The molecule has 0 radical (unpaired) electrons. The third-order valence-corrected chi connectivity index (χ3v) is 3.75. The molecule has 0 atom stereocenters. The maximum absolute atomic E-state index is 14.3. The number of benzene rings is 2. The summed E-state index contributed by atoms with van der Waals surface area (Å²) in [6, 6.07) is 12.5. The molecule has 0 aliphatic rings. The first-order chi connectivity index (χ1) is 16.5. The highest BCUT2D eigenvalue weighted by atomic mass is 19.1. The summed E-state index contributed by atoms with van der Waals surface area (Å²) in [6.45, 7) is -2.00. The van der Waals surface area contributed by atoms with E-state index in [2.05, 4.69) is 37.2 Å². The number of hydrogen-bond acceptors (Lipinski definition) is 7. The van der Waals surface area contributed by atoms with Gasteiger partial charge in [0.15, 0.2) is 11.6 Å². The molecular formula is C22H22FN5O3. The number of carbonyl (C=O) groups excluding carboxylic acids is 1. The number of rotatable bonds is 10. The lowest BCUT2D eigenvalue weighted by Crippen LogP contribution is -2.07. The zero-order valence-electron chi connectivity index (χ0n) is 20.5. The fourth-order valence-electron chi connectivity index (χ4n) is 2.38. The SMILES string of the molecule is [2H]C([2H])(OC)C([2H])([2H])Oc1ccc(Nc2ncc(F)c(Nc3cccc(NC(=O)C=C)c3)n2)cc1. The van der Waals surface area contributed by atoms with Crippen LogP contribution in [0.2, 0.25) is 0 Å². The van der Waals surface area contributed by atoms with Crippen molar-refractivity contribution in [3.63, 3.8) is 0 Å². The van der Waals surface area contributed by atoms with Gasteiger partial charge in [-0.05, 0) is 48.5 Å². The topological polar surface area (TPSA) is 97.4 Å². The fraction of sp³-hybridized carbons (Fsp3) is 0.136. The molecule has 0 saturated heterocycles. The van der Waals surface area contributed by atoms with Crippen LogP contribution < -0.4 is 20.7 Å². The van der Waals surface area contributed by atoms with Gasteiger partial charge in [-0.1, -0.05) is 12.6 Å². The summed E-state index contributed by atoms with van der Waals surface area (Å²) >= 11 is 0. The van der Waals surface area contributed by atoms with Crippen LogP contribution in [0.4, 0.5) is 33.2 Å². The summed E-state index contributed by atoms with van der Waals surface area (Å²) < 4.78 is 54.5. The number of carbonyl (C=O) groups is 1. The average Bonchev–Trinajstić information content (AvgIpc) is 2.82. The van der Waals surface area contributed by atoms with Gasteiger partial charge < -0.3 is 25.4 Å². The Morgan fingerprint density at radius 3 is 2.68 bits per heavy atom. The normalized spacial score (nSPS) is 13.1. The van der Waals surface area contributed by atoms with E-state index in [9.17, 15) is 9.18 Å². The Labute approximate surface area is 184 Å². The van der Waals surface area contributed by atoms with Gasteiger partial charge in [0.05, 0.1) is 18.2 Å². The lowest BCUT2D eigenvalue weighted by molar-refractivity contribution is -0.111. The van der Waals surface area contributed by atoms with Crippen molar-refractivity contribution in [1.29, 1.82) is 0 Å². The molecule has 0 spiro atoms. The molecule has 160 valence electrons. The standard InChI is InChI=1S/C22H22FN5O3/c1-3-20(29)25-16-5-4-6-17(13-16)26-21-19(23)14-24-22(28-21)27-15-7-9-18(10-8-15)31-12-11-30-2/h3-10,13-14H,1,11-12H2,2H3,(H,25,29)(H2,24,26,27,28)/i11D2,12D2. The first-order valence-corrected chi connectivity index (χ1v) is 8.97. The Bertz CT molecular complexity index is 1210. The Kier molecular flexibility index (Phi) is 5.79. The number of nitrogens with one attached hydrogen (secondary N) is 3. The van der Waals surface area contributed by atoms with Crippen LogP contribution in [0.25, 0.3) is 0 Å². The number of hydrogen-bond donors (Lipinski definition) is 3. The first kappa shape index (κ1) is 16.8. The third-order valence-electron chi connectivity index (χ3n) is 3.75. The highest BCUT2D eigenvalue weighted by Crippen LogP contribution is 2.23. The molecule has 0 fully saturated rings. The second-order valence-corrected chi connectivity index (χ2v) is 5.95. The maximum Gasteiger partial charge on any atom is 0.247 e. The number of nitrogens with zero attached hydrogens (tertiary/aromatic N) is 2. The van der Waals surface area contributed by atoms with Crippen LogP contribution in [-0.4, -0.2) is 36.1 Å². The molecule has 0 unspecified atom stereocenters. The van der Waals surface area contributed by atoms with Crippen LogP contribution in [0, 0.1) is 5.82 Å². The van der Waals surface area contributed by atoms with E-state index in [1.165, 1.54) is 24.3 Å². The smallest absolute Gasteiger partial charge is 0.247 e. The lowest BCUT2D eigenvalue weighted by atomic mass is 10.2. The van der Waals surface area contributed by atoms with Gasteiger partial charge in [-0.3, -0.25) is 4.79 Å². The van der Waals surface area contributed by atoms with Crippen molar-refractivity contribution < 1.29 is 24.1 Å². The molecule has 3 aromatic rings. The number of methoxy groups -OCH3 is 1. The van der Waals surface area contributed by atoms with Crippen LogP contribution in [0.1, 0.15) is 5.48 Å². The first-order valence-electron chi connectivity index (χ1n) is 11.0. The predicted molar refractivity (Wildman–Crippen MR) is 118 cm³/mol. The van der Waals surface area contributed by atoms with Crippen molar-refractivity contribution in [2.45, 2.75) is 0 Å². The summed E-state index contributed by atoms with van der Waals surface area (Å²) in [5.41, 5.74) is 1.44. The molecule has 8 nitrogen and oxygen atoms in total. The zero-order chi connectivity index (χ0) is 25.6. The van der Waals surface area contributed by atoms with E-state index in [0.717, 1.165) is 19.4 Å². The second-order valence-electron chi connectivity index (χ2n) is 5.95. The van der Waals surface area contributed by atoms with E-state index in [0.29, 0.717) is 17.1 Å². The van der Waals surface area contributed by atoms with Gasteiger partial charge >= 0.3 is 0 Å². The van der Waals surface area contributed by atoms with Gasteiger partial charge in [0.25, 0.3) is 0 Å². The Morgan fingerprint density at radius 1 is 1.16 bits per heavy atom. The largest absolute Gasteiger partial charge is 0.491 e. The molecule has 1 amide bonds. The van der Waals surface area contributed by atoms with Crippen molar-refractivity contribution in [1.82, 2.24) is 9.97 Å². The van der Waals surface area contributed by atoms with Gasteiger partial charge in [-0.15, -0.1) is 0 Å². The minimum absolute atomic E-state index is 0.0623. The van der Waals surface area contributed by atoms with Crippen molar-refractivity contribution in [2.75, 3.05) is 36.2 Å². The molecule has 3 rings (SSSR count). The predicted octanol–water partition coefficient (Wildman–Crippen LogP) is 4.25. The number of anilines is 5. The van der Waals surface area contributed by atoms with Crippen LogP contribution in [0.15, 0.2) is 67.4 Å². The molecule has 2 aromatic carbocycles. The number of ether oxygens (including phenoxy) is 2. The molecule has 9 heteroatoms. The van der Waals surface area contributed by atoms with E-state index in [4.69, 9.17) is 10.2 Å². The molecule has 3 N–H and O–H groups in total. The lowest BCUT2D eigenvalue weighted by Gasteiger charge is -2.11. The van der Waals surface area contributed by atoms with E-state index in [-0.39, 0.29) is 23.4 Å². The minimum Gasteiger partial charge on any atom is -0.491 e. The number of aromatic nitrogens is 2. The van der Waals surface area contributed by atoms with E-state index < -0.39 is 18.9 Å². The van der Waals surface area contributed by atoms with Crippen LogP contribution in [0.5, 0.6) is 5.75 Å². The van der Waals surface area contributed by atoms with Gasteiger partial charge in [0.1, 0.15) is 12.3 Å². The van der Waals surface area contributed by atoms with Crippen LogP contribution in [0.3, 0.4) is 0 Å². The van der Waals surface area contributed by atoms with Gasteiger partial charge in [0, 0.05) is 24.2 Å². The number of amides is 1. The monoisotopic (exact) mass is 427 g/mol. The molecule has 1 aromatic heterocycles. The van der Waals surface area contributed by atoms with E-state index in [1.807, 2.05) is 0 Å². The average molecular weight is 427 g/mol. The molecule has 0 aliphatic carbocycles. The minimum atomic E-state index is -2.73. The summed E-state index contributed by atoms with van der Waals surface area (Å²) in [4.78, 5) is 19.5. The van der Waals surface area contributed by atoms with E-state index >= 15 is 0 Å². The zero-order valence-corrected chi connectivity index (χ0v) is 16.5. The third kappa shape index (κ3) is 6.51. The van der Waals surface area contributed by atoms with Crippen molar-refractivity contribution in [3.05, 3.63) is 73.2 Å². The Balaban J connectivity index is 1.71. The fourth-order valence-corrected chi connectivity index (χ4v) is 2.38. The quantitative estimate of drug-likeness (QED) is 0.416. The van der Waals surface area contributed by atoms with Gasteiger partial charge in [-0.2, -0.15) is 4.98 Å². The molecule has 1 heterocycles. The van der Waals surface area contributed by atoms with Gasteiger partial charge in [0.2, 0.25) is 11.9 Å². The molecular weight excluding hydrogens is 401 g/mol. The van der Waals surface area contributed by atoms with Crippen molar-refractivity contribution in [3.8, 4) is 5.75 Å². The van der Waals surface area contributed by atoms with Crippen molar-refractivity contribution in [2.24, 2.45) is 0 Å². The molecule has 31 heavy (non-hydrogen) atoms. The summed E-state index contributed by atoms with van der Waals surface area (Å²) in [6.07, 6.45) is 2.12. The Hall–Kier alpha value is -3.98. The highest BCUT2D eigenvalue weighted by Gasteiger charge is 2.09. The highest BCUT2D eigenvalue weighted by molar-refractivity contribution is 5.99. The summed E-state index contributed by atoms with van der Waals surface area (Å²) in [5, 5.41) is 8.33. The van der Waals surface area contributed by atoms with Crippen LogP contribution >= 0.6 is 0 Å². The number of halogens is 1. The van der Waals surface area contributed by atoms with Gasteiger partial charge in [-0.25, -0.2) is 9.37 Å². The van der Waals surface area contributed by atoms with Crippen LogP contribution in [-0.2, 0) is 9.53 Å². The summed E-state index contributed by atoms with van der Waals surface area (Å²) in [7, 11) is 1.04. The molecule has 0 saturated carbocycles. The molecule has 0 bridgehead atoms.